The number of hydrogen-bond donors (Lipinski definition) is 1. The van der Waals surface area contributed by atoms with Gasteiger partial charge in [-0.05, 0) is 55.8 Å². The summed E-state index contributed by atoms with van der Waals surface area (Å²) in [6, 6.07) is 14.7. The average molecular weight is 326 g/mol. The van der Waals surface area contributed by atoms with E-state index in [2.05, 4.69) is 5.32 Å². The van der Waals surface area contributed by atoms with Crippen LogP contribution < -0.4 is 15.0 Å². The van der Waals surface area contributed by atoms with Crippen LogP contribution in [0.15, 0.2) is 48.5 Å². The third-order valence-electron chi connectivity index (χ3n) is 3.62. The fourth-order valence-corrected chi connectivity index (χ4v) is 2.41. The predicted molar refractivity (Wildman–Crippen MR) is 95.4 cm³/mol. The summed E-state index contributed by atoms with van der Waals surface area (Å²) in [5, 5.41) is 2.72. The molecule has 0 heterocycles. The van der Waals surface area contributed by atoms with E-state index in [4.69, 9.17) is 4.74 Å². The van der Waals surface area contributed by atoms with Crippen LogP contribution >= 0.6 is 0 Å². The van der Waals surface area contributed by atoms with Crippen molar-refractivity contribution in [3.05, 3.63) is 54.1 Å². The maximum absolute atomic E-state index is 12.4. The topological polar surface area (TPSA) is 58.6 Å². The first-order valence-electron chi connectivity index (χ1n) is 7.84. The minimum absolute atomic E-state index is 0.201. The third-order valence-corrected chi connectivity index (χ3v) is 3.62. The number of carbonyl (C=O) groups is 2. The molecule has 24 heavy (non-hydrogen) atoms. The van der Waals surface area contributed by atoms with Gasteiger partial charge in [-0.15, -0.1) is 0 Å². The fraction of sp³-hybridized carbons (Fsp3) is 0.263. The van der Waals surface area contributed by atoms with E-state index in [0.717, 1.165) is 11.3 Å². The van der Waals surface area contributed by atoms with Crippen molar-refractivity contribution in [1.82, 2.24) is 0 Å². The molecular weight excluding hydrogens is 304 g/mol. The van der Waals surface area contributed by atoms with E-state index in [9.17, 15) is 9.59 Å². The van der Waals surface area contributed by atoms with Crippen molar-refractivity contribution >= 4 is 23.2 Å². The molecule has 0 aromatic heterocycles. The molecular formula is C19H22N2O3. The molecule has 2 aromatic carbocycles. The molecule has 126 valence electrons. The second kappa shape index (κ2) is 8.15. The Kier molecular flexibility index (Phi) is 5.95. The van der Waals surface area contributed by atoms with Gasteiger partial charge in [0.25, 0.3) is 0 Å². The zero-order valence-corrected chi connectivity index (χ0v) is 14.2. The second-order valence-electron chi connectivity index (χ2n) is 5.43. The van der Waals surface area contributed by atoms with Crippen LogP contribution in [-0.2, 0) is 9.59 Å². The van der Waals surface area contributed by atoms with Gasteiger partial charge in [0.2, 0.25) is 11.8 Å². The fourth-order valence-electron chi connectivity index (χ4n) is 2.41. The van der Waals surface area contributed by atoms with Gasteiger partial charge in [0.05, 0.1) is 7.11 Å². The summed E-state index contributed by atoms with van der Waals surface area (Å²) >= 11 is 0. The normalized spacial score (nSPS) is 10.1. The smallest absolute Gasteiger partial charge is 0.236 e. The molecule has 0 saturated heterocycles. The molecule has 2 aromatic rings. The van der Waals surface area contributed by atoms with Gasteiger partial charge in [0, 0.05) is 17.9 Å². The molecule has 0 aliphatic heterocycles. The number of rotatable bonds is 6. The van der Waals surface area contributed by atoms with Crippen LogP contribution in [-0.4, -0.2) is 25.5 Å². The van der Waals surface area contributed by atoms with E-state index in [1.165, 1.54) is 0 Å². The Labute approximate surface area is 142 Å². The van der Waals surface area contributed by atoms with E-state index < -0.39 is 0 Å². The van der Waals surface area contributed by atoms with Crippen molar-refractivity contribution in [2.45, 2.75) is 20.3 Å². The summed E-state index contributed by atoms with van der Waals surface area (Å²) < 4.78 is 5.07. The minimum atomic E-state index is -0.337. The molecule has 0 atom stereocenters. The van der Waals surface area contributed by atoms with Gasteiger partial charge < -0.3 is 15.0 Å². The van der Waals surface area contributed by atoms with E-state index in [1.807, 2.05) is 38.1 Å². The summed E-state index contributed by atoms with van der Waals surface area (Å²) in [5.41, 5.74) is 2.51. The molecule has 0 unspecified atom stereocenters. The maximum atomic E-state index is 12.4. The Morgan fingerprint density at radius 1 is 1.12 bits per heavy atom. The van der Waals surface area contributed by atoms with Crippen LogP contribution in [0, 0.1) is 6.92 Å². The molecule has 0 spiro atoms. The Balaban J connectivity index is 1.99. The van der Waals surface area contributed by atoms with Gasteiger partial charge in [-0.3, -0.25) is 9.59 Å². The number of aryl methyl sites for hydroxylation is 1. The quantitative estimate of drug-likeness (QED) is 0.828. The summed E-state index contributed by atoms with van der Waals surface area (Å²) in [6.07, 6.45) is -0.201. The molecule has 0 aliphatic rings. The summed E-state index contributed by atoms with van der Waals surface area (Å²) in [7, 11) is 1.58. The lowest BCUT2D eigenvalue weighted by Crippen LogP contribution is -2.33. The molecule has 0 saturated carbocycles. The highest BCUT2D eigenvalue weighted by atomic mass is 16.5. The number of nitrogens with one attached hydrogen (secondary N) is 1. The largest absolute Gasteiger partial charge is 0.497 e. The van der Waals surface area contributed by atoms with Crippen molar-refractivity contribution in [3.8, 4) is 5.75 Å². The summed E-state index contributed by atoms with van der Waals surface area (Å²) in [5.74, 6) is 0.145. The summed E-state index contributed by atoms with van der Waals surface area (Å²) in [4.78, 5) is 26.2. The number of methoxy groups -OCH3 is 1. The van der Waals surface area contributed by atoms with E-state index in [-0.39, 0.29) is 18.2 Å². The van der Waals surface area contributed by atoms with Crippen LogP contribution in [0.3, 0.4) is 0 Å². The minimum Gasteiger partial charge on any atom is -0.497 e. The number of hydrogen-bond acceptors (Lipinski definition) is 3. The first-order chi connectivity index (χ1) is 11.5. The molecule has 0 fully saturated rings. The Morgan fingerprint density at radius 3 is 2.42 bits per heavy atom. The third kappa shape index (κ3) is 4.59. The second-order valence-corrected chi connectivity index (χ2v) is 5.43. The highest BCUT2D eigenvalue weighted by Gasteiger charge is 2.17. The lowest BCUT2D eigenvalue weighted by molar-refractivity contribution is -0.125. The van der Waals surface area contributed by atoms with Gasteiger partial charge in [0.15, 0.2) is 0 Å². The number of anilines is 2. The SMILES string of the molecule is CCN(C(=O)CC(=O)Nc1ccc(OC)cc1)c1cccc(C)c1. The molecule has 0 bridgehead atoms. The molecule has 2 amide bonds. The van der Waals surface area contributed by atoms with Crippen LogP contribution in [0.2, 0.25) is 0 Å². The molecule has 0 aliphatic carbocycles. The molecule has 1 N–H and O–H groups in total. The summed E-state index contributed by atoms with van der Waals surface area (Å²) in [6.45, 7) is 4.37. The maximum Gasteiger partial charge on any atom is 0.236 e. The van der Waals surface area contributed by atoms with E-state index in [1.54, 1.807) is 36.3 Å². The Morgan fingerprint density at radius 2 is 1.83 bits per heavy atom. The van der Waals surface area contributed by atoms with Crippen LogP contribution in [0.5, 0.6) is 5.75 Å². The first-order valence-corrected chi connectivity index (χ1v) is 7.84. The van der Waals surface area contributed by atoms with Gasteiger partial charge in [-0.25, -0.2) is 0 Å². The Bertz CT molecular complexity index is 711. The molecule has 0 radical (unpaired) electrons. The zero-order chi connectivity index (χ0) is 17.5. The van der Waals surface area contributed by atoms with E-state index >= 15 is 0 Å². The number of ether oxygens (including phenoxy) is 1. The number of benzene rings is 2. The molecule has 5 nitrogen and oxygen atoms in total. The van der Waals surface area contributed by atoms with Crippen molar-refractivity contribution in [2.24, 2.45) is 0 Å². The van der Waals surface area contributed by atoms with Gasteiger partial charge >= 0.3 is 0 Å². The van der Waals surface area contributed by atoms with Crippen LogP contribution in [0.25, 0.3) is 0 Å². The van der Waals surface area contributed by atoms with Gasteiger partial charge in [0.1, 0.15) is 12.2 Å². The number of nitrogens with zero attached hydrogens (tertiary/aromatic N) is 1. The van der Waals surface area contributed by atoms with Crippen molar-refractivity contribution < 1.29 is 14.3 Å². The van der Waals surface area contributed by atoms with Crippen LogP contribution in [0.1, 0.15) is 18.9 Å². The van der Waals surface area contributed by atoms with Gasteiger partial charge in [-0.1, -0.05) is 12.1 Å². The lowest BCUT2D eigenvalue weighted by Gasteiger charge is -2.21. The predicted octanol–water partition coefficient (Wildman–Crippen LogP) is 3.39. The lowest BCUT2D eigenvalue weighted by atomic mass is 10.2. The highest BCUT2D eigenvalue weighted by Crippen LogP contribution is 2.18. The van der Waals surface area contributed by atoms with Crippen molar-refractivity contribution in [1.29, 1.82) is 0 Å². The highest BCUT2D eigenvalue weighted by molar-refractivity contribution is 6.09. The van der Waals surface area contributed by atoms with Crippen molar-refractivity contribution in [2.75, 3.05) is 23.9 Å². The number of carbonyl (C=O) groups excluding carboxylic acids is 2. The van der Waals surface area contributed by atoms with Crippen molar-refractivity contribution in [3.63, 3.8) is 0 Å². The van der Waals surface area contributed by atoms with Gasteiger partial charge in [-0.2, -0.15) is 0 Å². The zero-order valence-electron chi connectivity index (χ0n) is 14.2. The van der Waals surface area contributed by atoms with Crippen LogP contribution in [0.4, 0.5) is 11.4 Å². The number of amides is 2. The molecule has 5 heteroatoms. The standard InChI is InChI=1S/C19H22N2O3/c1-4-21(16-7-5-6-14(2)12-16)19(23)13-18(22)20-15-8-10-17(24-3)11-9-15/h5-12H,4,13H2,1-3H3,(H,20,22). The van der Waals surface area contributed by atoms with E-state index in [0.29, 0.717) is 18.0 Å². The monoisotopic (exact) mass is 326 g/mol. The average Bonchev–Trinajstić information content (AvgIpc) is 2.56. The Hall–Kier alpha value is -2.82. The molecule has 2 rings (SSSR count). The first kappa shape index (κ1) is 17.5.